The molecule has 0 aromatic carbocycles. The van der Waals surface area contributed by atoms with Gasteiger partial charge in [0.1, 0.15) is 0 Å². The number of rotatable bonds is 14. The van der Waals surface area contributed by atoms with Crippen LogP contribution in [0.25, 0.3) is 0 Å². The SMILES string of the molecule is CCCCSCCCCCCCCCC[C@@H]1CC2=CC(=O)CCC2C2CC[C@@]3(C)C(CC[C@@H]3C)C21. The van der Waals surface area contributed by atoms with Gasteiger partial charge in [-0.1, -0.05) is 77.7 Å². The second-order valence-electron chi connectivity index (χ2n) is 13.2. The summed E-state index contributed by atoms with van der Waals surface area (Å²) >= 11 is 2.16. The van der Waals surface area contributed by atoms with Crippen molar-refractivity contribution in [3.63, 3.8) is 0 Å². The zero-order valence-corrected chi connectivity index (χ0v) is 24.3. The fraction of sp³-hybridized carbons (Fsp3) is 0.909. The molecule has 3 saturated carbocycles. The van der Waals surface area contributed by atoms with E-state index in [2.05, 4.69) is 38.6 Å². The average Bonchev–Trinajstić information content (AvgIpc) is 3.15. The number of fused-ring (bicyclic) bond motifs is 5. The Kier molecular flexibility index (Phi) is 10.7. The quantitative estimate of drug-likeness (QED) is 0.221. The van der Waals surface area contributed by atoms with Gasteiger partial charge >= 0.3 is 0 Å². The zero-order valence-electron chi connectivity index (χ0n) is 23.5. The maximum atomic E-state index is 12.3. The van der Waals surface area contributed by atoms with E-state index in [1.165, 1.54) is 114 Å². The summed E-state index contributed by atoms with van der Waals surface area (Å²) in [5, 5.41) is 0. The van der Waals surface area contributed by atoms with Crippen LogP contribution in [0, 0.1) is 40.9 Å². The lowest BCUT2D eigenvalue weighted by Crippen LogP contribution is -2.49. The number of carbonyl (C=O) groups excluding carboxylic acids is 1. The molecule has 2 heteroatoms. The van der Waals surface area contributed by atoms with Crippen LogP contribution in [0.1, 0.15) is 136 Å². The highest BCUT2D eigenvalue weighted by atomic mass is 32.2. The van der Waals surface area contributed by atoms with E-state index in [0.29, 0.717) is 11.2 Å². The highest BCUT2D eigenvalue weighted by Crippen LogP contribution is 2.65. The number of carbonyl (C=O) groups is 1. The Labute approximate surface area is 222 Å². The lowest BCUT2D eigenvalue weighted by atomic mass is 9.48. The van der Waals surface area contributed by atoms with E-state index in [-0.39, 0.29) is 0 Å². The summed E-state index contributed by atoms with van der Waals surface area (Å²) < 4.78 is 0. The maximum absolute atomic E-state index is 12.3. The molecule has 0 spiro atoms. The second-order valence-corrected chi connectivity index (χ2v) is 14.5. The van der Waals surface area contributed by atoms with Crippen LogP contribution in [0.4, 0.5) is 0 Å². The Morgan fingerprint density at radius 1 is 0.914 bits per heavy atom. The first-order valence-corrected chi connectivity index (χ1v) is 17.0. The van der Waals surface area contributed by atoms with Crippen molar-refractivity contribution < 1.29 is 4.79 Å². The molecule has 4 aliphatic rings. The van der Waals surface area contributed by atoms with Gasteiger partial charge in [0.25, 0.3) is 0 Å². The molecule has 7 atom stereocenters. The molecule has 0 N–H and O–H groups in total. The monoisotopic (exact) mass is 500 g/mol. The number of unbranched alkanes of at least 4 members (excludes halogenated alkanes) is 8. The first-order chi connectivity index (χ1) is 17.0. The van der Waals surface area contributed by atoms with Crippen LogP contribution in [0.5, 0.6) is 0 Å². The van der Waals surface area contributed by atoms with Gasteiger partial charge in [-0.3, -0.25) is 4.79 Å². The van der Waals surface area contributed by atoms with Crippen molar-refractivity contribution in [3.05, 3.63) is 11.6 Å². The standard InChI is InChI=1S/C33H56OS/c1-4-5-21-35-22-13-11-9-7-6-8-10-12-14-26-23-27-24-28(34)16-17-29(27)30-19-20-33(3)25(2)15-18-31(33)32(26)30/h24-26,29-32H,4-23H2,1-3H3/t25-,26+,29?,30?,31?,32?,33+/m0/s1. The number of hydrogen-bond donors (Lipinski definition) is 0. The molecule has 0 aromatic rings. The van der Waals surface area contributed by atoms with Crippen LogP contribution in [0.15, 0.2) is 11.6 Å². The van der Waals surface area contributed by atoms with E-state index in [1.54, 1.807) is 5.57 Å². The van der Waals surface area contributed by atoms with E-state index in [1.807, 2.05) is 0 Å². The lowest BCUT2D eigenvalue weighted by Gasteiger charge is -2.56. The van der Waals surface area contributed by atoms with Gasteiger partial charge in [0.05, 0.1) is 0 Å². The van der Waals surface area contributed by atoms with E-state index < -0.39 is 0 Å². The second kappa shape index (κ2) is 13.5. The molecular weight excluding hydrogens is 444 g/mol. The third kappa shape index (κ3) is 6.80. The predicted octanol–water partition coefficient (Wildman–Crippen LogP) is 10.0. The fourth-order valence-electron chi connectivity index (χ4n) is 8.96. The van der Waals surface area contributed by atoms with Crippen molar-refractivity contribution in [2.45, 2.75) is 136 Å². The molecule has 3 fully saturated rings. The summed E-state index contributed by atoms with van der Waals surface area (Å²) in [4.78, 5) is 12.3. The summed E-state index contributed by atoms with van der Waals surface area (Å²) in [6, 6.07) is 0. The minimum absolute atomic E-state index is 0.420. The molecule has 4 unspecified atom stereocenters. The van der Waals surface area contributed by atoms with Crippen LogP contribution < -0.4 is 0 Å². The van der Waals surface area contributed by atoms with Gasteiger partial charge in [-0.05, 0) is 116 Å². The van der Waals surface area contributed by atoms with Crippen molar-refractivity contribution in [2.75, 3.05) is 11.5 Å². The Balaban J connectivity index is 1.21. The van der Waals surface area contributed by atoms with E-state index >= 15 is 0 Å². The van der Waals surface area contributed by atoms with Crippen molar-refractivity contribution in [1.82, 2.24) is 0 Å². The van der Waals surface area contributed by atoms with Gasteiger partial charge in [0.15, 0.2) is 5.78 Å². The molecule has 0 heterocycles. The Morgan fingerprint density at radius 2 is 1.63 bits per heavy atom. The average molecular weight is 501 g/mol. The van der Waals surface area contributed by atoms with Crippen LogP contribution in [-0.2, 0) is 4.79 Å². The normalized spacial score (nSPS) is 36.4. The molecule has 35 heavy (non-hydrogen) atoms. The highest BCUT2D eigenvalue weighted by molar-refractivity contribution is 7.99. The Hall–Kier alpha value is -0.240. The largest absolute Gasteiger partial charge is 0.295 e. The van der Waals surface area contributed by atoms with E-state index in [4.69, 9.17) is 0 Å². The summed E-state index contributed by atoms with van der Waals surface area (Å²) in [6.07, 6.45) is 26.8. The number of allylic oxidation sites excluding steroid dienone is 1. The molecule has 0 bridgehead atoms. The maximum Gasteiger partial charge on any atom is 0.155 e. The van der Waals surface area contributed by atoms with Crippen molar-refractivity contribution in [2.24, 2.45) is 40.9 Å². The summed E-state index contributed by atoms with van der Waals surface area (Å²) in [5.74, 6) is 8.48. The third-order valence-electron chi connectivity index (χ3n) is 11.2. The zero-order chi connectivity index (χ0) is 24.7. The minimum Gasteiger partial charge on any atom is -0.295 e. The highest BCUT2D eigenvalue weighted by Gasteiger charge is 2.57. The van der Waals surface area contributed by atoms with Gasteiger partial charge in [-0.2, -0.15) is 11.8 Å². The van der Waals surface area contributed by atoms with Gasteiger partial charge in [-0.25, -0.2) is 0 Å². The molecule has 0 aromatic heterocycles. The van der Waals surface area contributed by atoms with Gasteiger partial charge in [0, 0.05) is 6.42 Å². The fourth-order valence-corrected chi connectivity index (χ4v) is 10.1. The van der Waals surface area contributed by atoms with Crippen molar-refractivity contribution in [3.8, 4) is 0 Å². The third-order valence-corrected chi connectivity index (χ3v) is 12.4. The van der Waals surface area contributed by atoms with Crippen molar-refractivity contribution in [1.29, 1.82) is 0 Å². The van der Waals surface area contributed by atoms with E-state index in [0.717, 1.165) is 48.3 Å². The molecule has 1 nitrogen and oxygen atoms in total. The number of hydrogen-bond acceptors (Lipinski definition) is 2. The molecule has 4 aliphatic carbocycles. The van der Waals surface area contributed by atoms with Crippen LogP contribution in [0.2, 0.25) is 0 Å². The molecule has 4 rings (SSSR count). The lowest BCUT2D eigenvalue weighted by molar-refractivity contribution is -0.116. The predicted molar refractivity (Wildman–Crippen MR) is 154 cm³/mol. The molecular formula is C33H56OS. The molecule has 0 aliphatic heterocycles. The Bertz CT molecular complexity index is 697. The first kappa shape index (κ1) is 27.8. The summed E-state index contributed by atoms with van der Waals surface area (Å²) in [5.41, 5.74) is 2.18. The van der Waals surface area contributed by atoms with E-state index in [9.17, 15) is 4.79 Å². The molecule has 200 valence electrons. The topological polar surface area (TPSA) is 17.1 Å². The molecule has 0 radical (unpaired) electrons. The van der Waals surface area contributed by atoms with Gasteiger partial charge in [-0.15, -0.1) is 0 Å². The molecule has 0 amide bonds. The smallest absolute Gasteiger partial charge is 0.155 e. The summed E-state index contributed by atoms with van der Waals surface area (Å²) in [6.45, 7) is 7.50. The van der Waals surface area contributed by atoms with Crippen LogP contribution >= 0.6 is 11.8 Å². The first-order valence-electron chi connectivity index (χ1n) is 15.9. The molecule has 0 saturated heterocycles. The van der Waals surface area contributed by atoms with Gasteiger partial charge < -0.3 is 0 Å². The van der Waals surface area contributed by atoms with Gasteiger partial charge in [0.2, 0.25) is 0 Å². The number of ketones is 1. The minimum atomic E-state index is 0.420. The Morgan fingerprint density at radius 3 is 2.40 bits per heavy atom. The number of thioether (sulfide) groups is 1. The van der Waals surface area contributed by atoms with Crippen LogP contribution in [0.3, 0.4) is 0 Å². The summed E-state index contributed by atoms with van der Waals surface area (Å²) in [7, 11) is 0. The van der Waals surface area contributed by atoms with Crippen molar-refractivity contribution >= 4 is 17.5 Å². The van der Waals surface area contributed by atoms with Crippen LogP contribution in [-0.4, -0.2) is 17.3 Å².